The SMILES string of the molecule is O=C(c1cc(F)ccc1Br)N1CCC[C@@H](c2nc3ccccc3[nH]2)C1. The summed E-state index contributed by atoms with van der Waals surface area (Å²) in [5.74, 6) is 0.527. The molecule has 0 spiro atoms. The predicted octanol–water partition coefficient (Wildman–Crippen LogP) is 4.48. The van der Waals surface area contributed by atoms with Crippen molar-refractivity contribution >= 4 is 32.9 Å². The van der Waals surface area contributed by atoms with E-state index >= 15 is 0 Å². The van der Waals surface area contributed by atoms with E-state index < -0.39 is 5.82 Å². The summed E-state index contributed by atoms with van der Waals surface area (Å²) in [5, 5.41) is 0. The molecule has 0 bridgehead atoms. The summed E-state index contributed by atoms with van der Waals surface area (Å²) in [5.41, 5.74) is 2.31. The molecule has 2 heterocycles. The van der Waals surface area contributed by atoms with Crippen LogP contribution in [0.15, 0.2) is 46.9 Å². The second-order valence-electron chi connectivity index (χ2n) is 6.35. The maximum atomic E-state index is 13.5. The zero-order valence-corrected chi connectivity index (χ0v) is 15.1. The zero-order valence-electron chi connectivity index (χ0n) is 13.5. The van der Waals surface area contributed by atoms with Crippen LogP contribution in [-0.2, 0) is 0 Å². The van der Waals surface area contributed by atoms with Crippen molar-refractivity contribution in [1.82, 2.24) is 14.9 Å². The van der Waals surface area contributed by atoms with E-state index in [0.29, 0.717) is 23.1 Å². The zero-order chi connectivity index (χ0) is 17.4. The Hall–Kier alpha value is -2.21. The van der Waals surface area contributed by atoms with Crippen LogP contribution in [0.3, 0.4) is 0 Å². The monoisotopic (exact) mass is 401 g/mol. The molecule has 2 aromatic carbocycles. The Labute approximate surface area is 153 Å². The summed E-state index contributed by atoms with van der Waals surface area (Å²) < 4.78 is 14.1. The predicted molar refractivity (Wildman–Crippen MR) is 98.1 cm³/mol. The summed E-state index contributed by atoms with van der Waals surface area (Å²) in [6, 6.07) is 12.1. The lowest BCUT2D eigenvalue weighted by Crippen LogP contribution is -2.39. The number of carbonyl (C=O) groups excluding carboxylic acids is 1. The van der Waals surface area contributed by atoms with Gasteiger partial charge in [0.1, 0.15) is 11.6 Å². The first-order chi connectivity index (χ1) is 12.1. The lowest BCUT2D eigenvalue weighted by Gasteiger charge is -2.32. The summed E-state index contributed by atoms with van der Waals surface area (Å²) in [7, 11) is 0. The molecule has 1 aliphatic rings. The van der Waals surface area contributed by atoms with E-state index in [1.54, 1.807) is 11.0 Å². The summed E-state index contributed by atoms with van der Waals surface area (Å²) >= 11 is 3.35. The molecule has 6 heteroatoms. The number of piperidine rings is 1. The Balaban J connectivity index is 1.58. The number of fused-ring (bicyclic) bond motifs is 1. The van der Waals surface area contributed by atoms with Crippen LogP contribution >= 0.6 is 15.9 Å². The molecule has 0 unspecified atom stereocenters. The van der Waals surface area contributed by atoms with E-state index in [-0.39, 0.29) is 11.8 Å². The lowest BCUT2D eigenvalue weighted by molar-refractivity contribution is 0.0703. The summed E-state index contributed by atoms with van der Waals surface area (Å²) in [6.07, 6.45) is 1.88. The van der Waals surface area contributed by atoms with Crippen molar-refractivity contribution < 1.29 is 9.18 Å². The Morgan fingerprint density at radius 1 is 1.28 bits per heavy atom. The second kappa shape index (κ2) is 6.59. The molecule has 0 radical (unpaired) electrons. The minimum Gasteiger partial charge on any atom is -0.342 e. The molecular formula is C19H17BrFN3O. The number of nitrogens with one attached hydrogen (secondary N) is 1. The van der Waals surface area contributed by atoms with Gasteiger partial charge in [0.25, 0.3) is 5.91 Å². The fourth-order valence-electron chi connectivity index (χ4n) is 3.38. The molecule has 1 saturated heterocycles. The molecule has 1 amide bonds. The van der Waals surface area contributed by atoms with E-state index in [0.717, 1.165) is 29.7 Å². The Morgan fingerprint density at radius 3 is 2.96 bits per heavy atom. The third-order valence-electron chi connectivity index (χ3n) is 4.66. The number of aromatic nitrogens is 2. The van der Waals surface area contributed by atoms with Crippen molar-refractivity contribution in [1.29, 1.82) is 0 Å². The molecule has 1 atom stereocenters. The molecule has 0 aliphatic carbocycles. The fourth-order valence-corrected chi connectivity index (χ4v) is 3.80. The third-order valence-corrected chi connectivity index (χ3v) is 5.35. The van der Waals surface area contributed by atoms with Gasteiger partial charge in [-0.05, 0) is 59.1 Å². The van der Waals surface area contributed by atoms with Crippen molar-refractivity contribution in [2.45, 2.75) is 18.8 Å². The van der Waals surface area contributed by atoms with Crippen molar-refractivity contribution in [2.75, 3.05) is 13.1 Å². The highest BCUT2D eigenvalue weighted by atomic mass is 79.9. The lowest BCUT2D eigenvalue weighted by atomic mass is 9.96. The standard InChI is InChI=1S/C19H17BrFN3O/c20-15-8-7-13(21)10-14(15)19(25)24-9-3-4-12(11-24)18-22-16-5-1-2-6-17(16)23-18/h1-2,5-8,10,12H,3-4,9,11H2,(H,22,23)/t12-/m1/s1. The second-order valence-corrected chi connectivity index (χ2v) is 7.21. The van der Waals surface area contributed by atoms with Gasteiger partial charge in [-0.3, -0.25) is 4.79 Å². The average Bonchev–Trinajstić information content (AvgIpc) is 3.07. The highest BCUT2D eigenvalue weighted by molar-refractivity contribution is 9.10. The van der Waals surface area contributed by atoms with E-state index in [1.807, 2.05) is 24.3 Å². The summed E-state index contributed by atoms with van der Waals surface area (Å²) in [4.78, 5) is 22.7. The van der Waals surface area contributed by atoms with Crippen LogP contribution in [-0.4, -0.2) is 33.9 Å². The molecule has 128 valence electrons. The first-order valence-electron chi connectivity index (χ1n) is 8.31. The maximum absolute atomic E-state index is 13.5. The van der Waals surface area contributed by atoms with Crippen molar-refractivity contribution in [3.8, 4) is 0 Å². The van der Waals surface area contributed by atoms with Crippen LogP contribution in [0.5, 0.6) is 0 Å². The number of aromatic amines is 1. The number of H-pyrrole nitrogens is 1. The Morgan fingerprint density at radius 2 is 2.12 bits per heavy atom. The Kier molecular flexibility index (Phi) is 4.29. The number of para-hydroxylation sites is 2. The van der Waals surface area contributed by atoms with E-state index in [9.17, 15) is 9.18 Å². The number of imidazole rings is 1. The number of hydrogen-bond acceptors (Lipinski definition) is 2. The summed E-state index contributed by atoms with van der Waals surface area (Å²) in [6.45, 7) is 1.26. The van der Waals surface area contributed by atoms with Gasteiger partial charge >= 0.3 is 0 Å². The minimum absolute atomic E-state index is 0.146. The third kappa shape index (κ3) is 3.18. The van der Waals surface area contributed by atoms with Gasteiger partial charge in [-0.25, -0.2) is 9.37 Å². The maximum Gasteiger partial charge on any atom is 0.255 e. The largest absolute Gasteiger partial charge is 0.342 e. The highest BCUT2D eigenvalue weighted by Gasteiger charge is 2.28. The number of likely N-dealkylation sites (tertiary alicyclic amines) is 1. The van der Waals surface area contributed by atoms with Gasteiger partial charge in [-0.15, -0.1) is 0 Å². The molecule has 1 aromatic heterocycles. The smallest absolute Gasteiger partial charge is 0.255 e. The number of amides is 1. The van der Waals surface area contributed by atoms with Gasteiger partial charge in [-0.2, -0.15) is 0 Å². The van der Waals surface area contributed by atoms with Gasteiger partial charge in [0, 0.05) is 23.5 Å². The number of nitrogens with zero attached hydrogens (tertiary/aromatic N) is 2. The van der Waals surface area contributed by atoms with Crippen molar-refractivity contribution in [3.05, 3.63) is 64.1 Å². The van der Waals surface area contributed by atoms with Gasteiger partial charge in [-0.1, -0.05) is 12.1 Å². The number of benzene rings is 2. The number of rotatable bonds is 2. The van der Waals surface area contributed by atoms with Crippen LogP contribution in [0.25, 0.3) is 11.0 Å². The van der Waals surface area contributed by atoms with E-state index in [1.165, 1.54) is 12.1 Å². The van der Waals surface area contributed by atoms with E-state index in [4.69, 9.17) is 0 Å². The van der Waals surface area contributed by atoms with Crippen LogP contribution in [0.4, 0.5) is 4.39 Å². The molecule has 1 aliphatic heterocycles. The number of hydrogen-bond donors (Lipinski definition) is 1. The number of halogens is 2. The highest BCUT2D eigenvalue weighted by Crippen LogP contribution is 2.29. The molecule has 3 aromatic rings. The quantitative estimate of drug-likeness (QED) is 0.687. The van der Waals surface area contributed by atoms with Crippen molar-refractivity contribution in [2.24, 2.45) is 0 Å². The van der Waals surface area contributed by atoms with Gasteiger partial charge in [0.05, 0.1) is 16.6 Å². The molecule has 4 nitrogen and oxygen atoms in total. The normalized spacial score (nSPS) is 17.8. The average molecular weight is 402 g/mol. The van der Waals surface area contributed by atoms with Gasteiger partial charge < -0.3 is 9.88 Å². The van der Waals surface area contributed by atoms with Gasteiger partial charge in [0.15, 0.2) is 0 Å². The number of carbonyl (C=O) groups is 1. The van der Waals surface area contributed by atoms with Crippen LogP contribution in [0, 0.1) is 5.82 Å². The molecule has 1 N–H and O–H groups in total. The van der Waals surface area contributed by atoms with Crippen LogP contribution < -0.4 is 0 Å². The molecule has 4 rings (SSSR count). The van der Waals surface area contributed by atoms with Crippen LogP contribution in [0.2, 0.25) is 0 Å². The van der Waals surface area contributed by atoms with Crippen LogP contribution in [0.1, 0.15) is 34.9 Å². The van der Waals surface area contributed by atoms with Gasteiger partial charge in [0.2, 0.25) is 0 Å². The molecule has 0 saturated carbocycles. The topological polar surface area (TPSA) is 49.0 Å². The van der Waals surface area contributed by atoms with Crippen molar-refractivity contribution in [3.63, 3.8) is 0 Å². The molecular weight excluding hydrogens is 385 g/mol. The fraction of sp³-hybridized carbons (Fsp3) is 0.263. The Bertz CT molecular complexity index is 906. The molecule has 1 fully saturated rings. The first kappa shape index (κ1) is 16.3. The first-order valence-corrected chi connectivity index (χ1v) is 9.10. The minimum atomic E-state index is -0.405. The van der Waals surface area contributed by atoms with E-state index in [2.05, 4.69) is 25.9 Å². The molecule has 25 heavy (non-hydrogen) atoms.